The van der Waals surface area contributed by atoms with E-state index >= 15 is 0 Å². The second-order valence-corrected chi connectivity index (χ2v) is 9.18. The van der Waals surface area contributed by atoms with Crippen LogP contribution in [0.3, 0.4) is 0 Å². The topological polar surface area (TPSA) is 118 Å². The number of amides is 1. The highest BCUT2D eigenvalue weighted by Gasteiger charge is 2.50. The molecular weight excluding hydrogens is 475 g/mol. The van der Waals surface area contributed by atoms with Crippen LogP contribution in [0.2, 0.25) is 0 Å². The molecule has 1 aromatic carbocycles. The molecule has 0 atom stereocenters. The number of carbonyl (C=O) groups excluding carboxylic acids is 1. The van der Waals surface area contributed by atoms with Gasteiger partial charge in [0.05, 0.1) is 5.70 Å². The van der Waals surface area contributed by atoms with Crippen LogP contribution in [0.4, 0.5) is 19.2 Å². The van der Waals surface area contributed by atoms with Gasteiger partial charge in [0.25, 0.3) is 11.9 Å². The molecule has 12 heteroatoms. The van der Waals surface area contributed by atoms with Crippen molar-refractivity contribution in [1.29, 1.82) is 0 Å². The maximum atomic E-state index is 13.2. The van der Waals surface area contributed by atoms with Crippen molar-refractivity contribution in [3.05, 3.63) is 59.4 Å². The third-order valence-electron chi connectivity index (χ3n) is 6.30. The Hall–Kier alpha value is -3.80. The average molecular weight is 504 g/mol. The minimum Gasteiger partial charge on any atom is -0.422 e. The summed E-state index contributed by atoms with van der Waals surface area (Å²) in [5.74, 6) is 5.46. The fourth-order valence-corrected chi connectivity index (χ4v) is 3.66. The first-order chi connectivity index (χ1) is 16.9. The second-order valence-electron chi connectivity index (χ2n) is 9.18. The first kappa shape index (κ1) is 25.3. The van der Waals surface area contributed by atoms with E-state index in [1.807, 2.05) is 24.0 Å². The molecule has 0 bridgehead atoms. The van der Waals surface area contributed by atoms with E-state index in [0.29, 0.717) is 59.6 Å². The SMILES string of the molecule is Cc1ccc2oc(N3CCN(C(=O)c4ccc(/C(N)=C/N(N)C(C)(C)C(F)(F)F)cc4)CC3)nc2n1. The normalized spacial score (nSPS) is 15.5. The Morgan fingerprint density at radius 2 is 1.64 bits per heavy atom. The maximum Gasteiger partial charge on any atom is 0.412 e. The molecule has 0 spiro atoms. The molecule has 4 N–H and O–H groups in total. The summed E-state index contributed by atoms with van der Waals surface area (Å²) in [7, 11) is 0. The van der Waals surface area contributed by atoms with Crippen LogP contribution in [-0.2, 0) is 0 Å². The van der Waals surface area contributed by atoms with Crippen molar-refractivity contribution in [2.45, 2.75) is 32.5 Å². The van der Waals surface area contributed by atoms with Gasteiger partial charge in [0.2, 0.25) is 5.65 Å². The van der Waals surface area contributed by atoms with Crippen molar-refractivity contribution in [2.24, 2.45) is 11.6 Å². The predicted octanol–water partition coefficient (Wildman–Crippen LogP) is 3.27. The third kappa shape index (κ3) is 4.94. The summed E-state index contributed by atoms with van der Waals surface area (Å²) in [6, 6.07) is 10.5. The van der Waals surface area contributed by atoms with Crippen molar-refractivity contribution in [1.82, 2.24) is 19.9 Å². The van der Waals surface area contributed by atoms with E-state index in [2.05, 4.69) is 9.97 Å². The highest BCUT2D eigenvalue weighted by Crippen LogP contribution is 2.34. The van der Waals surface area contributed by atoms with Crippen molar-refractivity contribution < 1.29 is 22.4 Å². The smallest absolute Gasteiger partial charge is 0.412 e. The van der Waals surface area contributed by atoms with E-state index in [4.69, 9.17) is 16.0 Å². The van der Waals surface area contributed by atoms with Crippen molar-refractivity contribution in [2.75, 3.05) is 31.1 Å². The van der Waals surface area contributed by atoms with E-state index < -0.39 is 11.7 Å². The number of hydrogen-bond donors (Lipinski definition) is 2. The monoisotopic (exact) mass is 503 g/mol. The number of rotatable bonds is 5. The van der Waals surface area contributed by atoms with E-state index in [1.165, 1.54) is 0 Å². The van der Waals surface area contributed by atoms with E-state index in [9.17, 15) is 18.0 Å². The molecule has 2 aromatic heterocycles. The quantitative estimate of drug-likeness (QED) is 0.403. The molecule has 9 nitrogen and oxygen atoms in total. The summed E-state index contributed by atoms with van der Waals surface area (Å²) in [5, 5.41) is 0.537. The van der Waals surface area contributed by atoms with Gasteiger partial charge in [-0.25, -0.2) is 10.8 Å². The Kier molecular flexibility index (Phi) is 6.56. The molecule has 36 heavy (non-hydrogen) atoms. The van der Waals surface area contributed by atoms with Crippen LogP contribution in [0.5, 0.6) is 0 Å². The maximum absolute atomic E-state index is 13.2. The Bertz CT molecular complexity index is 1280. The molecule has 1 fully saturated rings. The Morgan fingerprint density at radius 3 is 2.25 bits per heavy atom. The van der Waals surface area contributed by atoms with Crippen LogP contribution in [0.15, 0.2) is 47.0 Å². The number of fused-ring (bicyclic) bond motifs is 1. The Morgan fingerprint density at radius 1 is 1.03 bits per heavy atom. The Balaban J connectivity index is 1.38. The molecule has 0 aliphatic carbocycles. The van der Waals surface area contributed by atoms with Gasteiger partial charge < -0.3 is 25.0 Å². The van der Waals surface area contributed by atoms with Crippen LogP contribution < -0.4 is 16.5 Å². The molecule has 0 unspecified atom stereocenters. The number of nitrogens with two attached hydrogens (primary N) is 2. The number of pyridine rings is 1. The summed E-state index contributed by atoms with van der Waals surface area (Å²) >= 11 is 0. The zero-order valence-electron chi connectivity index (χ0n) is 20.2. The lowest BCUT2D eigenvalue weighted by Crippen LogP contribution is -2.55. The van der Waals surface area contributed by atoms with Gasteiger partial charge in [-0.3, -0.25) is 4.79 Å². The second kappa shape index (κ2) is 9.34. The summed E-state index contributed by atoms with van der Waals surface area (Å²) in [4.78, 5) is 25.5. The lowest BCUT2D eigenvalue weighted by atomic mass is 10.0. The van der Waals surface area contributed by atoms with E-state index in [0.717, 1.165) is 25.7 Å². The lowest BCUT2D eigenvalue weighted by Gasteiger charge is -2.35. The highest BCUT2D eigenvalue weighted by molar-refractivity contribution is 5.94. The molecule has 192 valence electrons. The third-order valence-corrected chi connectivity index (χ3v) is 6.30. The number of hydrazine groups is 1. The number of nitrogens with zero attached hydrogens (tertiary/aromatic N) is 5. The van der Waals surface area contributed by atoms with Crippen LogP contribution in [0.25, 0.3) is 16.9 Å². The van der Waals surface area contributed by atoms with Crippen molar-refractivity contribution in [3.63, 3.8) is 0 Å². The van der Waals surface area contributed by atoms with Crippen LogP contribution >= 0.6 is 0 Å². The van der Waals surface area contributed by atoms with Crippen molar-refractivity contribution in [3.8, 4) is 0 Å². The number of aryl methyl sites for hydroxylation is 1. The van der Waals surface area contributed by atoms with Gasteiger partial charge in [-0.2, -0.15) is 18.2 Å². The number of aromatic nitrogens is 2. The fraction of sp³-hybridized carbons (Fsp3) is 0.375. The molecular formula is C24H28F3N7O2. The summed E-state index contributed by atoms with van der Waals surface area (Å²) in [6.45, 7) is 5.85. The van der Waals surface area contributed by atoms with Crippen LogP contribution in [0, 0.1) is 6.92 Å². The van der Waals surface area contributed by atoms with Crippen molar-refractivity contribution >= 4 is 28.8 Å². The molecule has 1 aliphatic heterocycles. The minimum absolute atomic E-state index is 0.0467. The highest BCUT2D eigenvalue weighted by atomic mass is 19.4. The number of oxazole rings is 1. The zero-order chi connectivity index (χ0) is 26.3. The van der Waals surface area contributed by atoms with Crippen LogP contribution in [-0.4, -0.2) is 63.7 Å². The fourth-order valence-electron chi connectivity index (χ4n) is 3.66. The number of halogens is 3. The Labute approximate surface area is 206 Å². The van der Waals surface area contributed by atoms with Gasteiger partial charge in [0, 0.05) is 43.6 Å². The number of alkyl halides is 3. The zero-order valence-corrected chi connectivity index (χ0v) is 20.2. The first-order valence-electron chi connectivity index (χ1n) is 11.3. The average Bonchev–Trinajstić information content (AvgIpc) is 3.26. The summed E-state index contributed by atoms with van der Waals surface area (Å²) < 4.78 is 45.4. The molecule has 3 aromatic rings. The molecule has 1 saturated heterocycles. The largest absolute Gasteiger partial charge is 0.422 e. The van der Waals surface area contributed by atoms with Gasteiger partial charge in [0.15, 0.2) is 5.58 Å². The first-order valence-corrected chi connectivity index (χ1v) is 11.3. The van der Waals surface area contributed by atoms with Gasteiger partial charge in [-0.1, -0.05) is 12.1 Å². The minimum atomic E-state index is -4.55. The predicted molar refractivity (Wildman–Crippen MR) is 129 cm³/mol. The number of anilines is 1. The molecule has 4 rings (SSSR count). The summed E-state index contributed by atoms with van der Waals surface area (Å²) in [6.07, 6.45) is -3.51. The van der Waals surface area contributed by atoms with Gasteiger partial charge in [-0.15, -0.1) is 0 Å². The van der Waals surface area contributed by atoms with Gasteiger partial charge in [0.1, 0.15) is 5.54 Å². The van der Waals surface area contributed by atoms with Crippen LogP contribution in [0.1, 0.15) is 35.5 Å². The lowest BCUT2D eigenvalue weighted by molar-refractivity contribution is -0.212. The van der Waals surface area contributed by atoms with E-state index in [-0.39, 0.29) is 11.6 Å². The van der Waals surface area contributed by atoms with Gasteiger partial charge in [-0.05, 0) is 50.6 Å². The molecule has 1 amide bonds. The number of piperazine rings is 1. The summed E-state index contributed by atoms with van der Waals surface area (Å²) in [5.41, 5.74) is 6.62. The number of carbonyl (C=O) groups is 1. The van der Waals surface area contributed by atoms with Gasteiger partial charge >= 0.3 is 6.18 Å². The molecule has 3 heterocycles. The van der Waals surface area contributed by atoms with E-state index in [1.54, 1.807) is 29.2 Å². The standard InChI is InChI=1S/C24H28F3N7O2/c1-15-4-9-19-20(30-15)31-22(36-19)33-12-10-32(11-13-33)21(35)17-7-5-16(6-8-17)18(28)14-34(29)23(2,3)24(25,26)27/h4-9,14H,10-13,28-29H2,1-3H3/b18-14-. The number of hydrogen-bond acceptors (Lipinski definition) is 8. The molecule has 1 aliphatic rings. The number of benzene rings is 1. The molecule has 0 radical (unpaired) electrons. The molecule has 0 saturated carbocycles.